The number of aromatic nitrogens is 2. The molecule has 1 amide bonds. The van der Waals surface area contributed by atoms with E-state index >= 15 is 0 Å². The number of benzene rings is 1. The molecule has 6 nitrogen and oxygen atoms in total. The molecule has 3 aromatic rings. The van der Waals surface area contributed by atoms with Gasteiger partial charge in [-0.15, -0.1) is 12.4 Å². The van der Waals surface area contributed by atoms with E-state index in [9.17, 15) is 9.18 Å². The summed E-state index contributed by atoms with van der Waals surface area (Å²) in [4.78, 5) is 20.0. The van der Waals surface area contributed by atoms with Gasteiger partial charge in [-0.3, -0.25) is 4.79 Å². The highest BCUT2D eigenvalue weighted by molar-refractivity contribution is 6.07. The van der Waals surface area contributed by atoms with Crippen LogP contribution in [0.3, 0.4) is 0 Å². The Morgan fingerprint density at radius 1 is 1.33 bits per heavy atom. The highest BCUT2D eigenvalue weighted by Gasteiger charge is 2.38. The van der Waals surface area contributed by atoms with Crippen molar-refractivity contribution in [3.63, 3.8) is 0 Å². The lowest BCUT2D eigenvalue weighted by atomic mass is 9.90. The molecular formula is C22H24ClFN4O2. The average Bonchev–Trinajstić information content (AvgIpc) is 3.36. The van der Waals surface area contributed by atoms with Crippen LogP contribution in [0.4, 0.5) is 4.39 Å². The van der Waals surface area contributed by atoms with E-state index in [-0.39, 0.29) is 29.5 Å². The molecule has 1 aliphatic carbocycles. The summed E-state index contributed by atoms with van der Waals surface area (Å²) in [6.07, 6.45) is 2.97. The number of carbonyl (C=O) groups excluding carboxylic acids is 1. The van der Waals surface area contributed by atoms with Gasteiger partial charge in [0.2, 0.25) is 0 Å². The fourth-order valence-corrected chi connectivity index (χ4v) is 4.08. The van der Waals surface area contributed by atoms with Crippen molar-refractivity contribution in [2.75, 3.05) is 19.6 Å². The lowest BCUT2D eigenvalue weighted by Gasteiger charge is -2.23. The van der Waals surface area contributed by atoms with Gasteiger partial charge in [0, 0.05) is 24.6 Å². The number of likely N-dealkylation sites (tertiary alicyclic amines) is 1. The molecule has 158 valence electrons. The van der Waals surface area contributed by atoms with Crippen molar-refractivity contribution in [1.29, 1.82) is 0 Å². The van der Waals surface area contributed by atoms with Gasteiger partial charge in [-0.2, -0.15) is 0 Å². The largest absolute Gasteiger partial charge is 0.338 e. The summed E-state index contributed by atoms with van der Waals surface area (Å²) < 4.78 is 18.9. The minimum atomic E-state index is -0.319. The first-order valence-electron chi connectivity index (χ1n) is 10.0. The van der Waals surface area contributed by atoms with Crippen LogP contribution in [0.25, 0.3) is 22.4 Å². The van der Waals surface area contributed by atoms with Crippen LogP contribution in [-0.2, 0) is 0 Å². The molecule has 0 bridgehead atoms. The van der Waals surface area contributed by atoms with Crippen LogP contribution in [0.15, 0.2) is 34.9 Å². The number of nitrogens with two attached hydrogens (primary N) is 1. The number of amides is 1. The molecule has 1 unspecified atom stereocenters. The molecule has 8 heteroatoms. The van der Waals surface area contributed by atoms with Crippen LogP contribution in [-0.4, -0.2) is 40.6 Å². The summed E-state index contributed by atoms with van der Waals surface area (Å²) in [5.41, 5.74) is 8.89. The molecule has 2 aliphatic rings. The van der Waals surface area contributed by atoms with Gasteiger partial charge < -0.3 is 15.2 Å². The Morgan fingerprint density at radius 3 is 2.70 bits per heavy atom. The van der Waals surface area contributed by atoms with Gasteiger partial charge in [0.1, 0.15) is 5.82 Å². The standard InChI is InChI=1S/C22H23FN4O2.ClH/c1-22(11-24)8-9-27(12-22)21(28)16-10-17(13-4-6-15(23)7-5-13)25-20-18(16)19(26-29-20)14-2-3-14;/h4-7,10,14H,2-3,8-9,11-12,24H2,1H3;1H. The Kier molecular flexibility index (Phi) is 5.28. The van der Waals surface area contributed by atoms with Crippen molar-refractivity contribution in [2.45, 2.75) is 32.1 Å². The highest BCUT2D eigenvalue weighted by Crippen LogP contribution is 2.44. The Hall–Kier alpha value is -2.51. The van der Waals surface area contributed by atoms with Crippen LogP contribution < -0.4 is 5.73 Å². The first-order chi connectivity index (χ1) is 14.0. The third kappa shape index (κ3) is 3.56. The van der Waals surface area contributed by atoms with Gasteiger partial charge in [-0.05, 0) is 61.6 Å². The van der Waals surface area contributed by atoms with Crippen LogP contribution in [0.2, 0.25) is 0 Å². The van der Waals surface area contributed by atoms with E-state index in [1.165, 1.54) is 12.1 Å². The minimum absolute atomic E-state index is 0. The number of halogens is 2. The molecule has 1 saturated carbocycles. The van der Waals surface area contributed by atoms with Gasteiger partial charge in [0.25, 0.3) is 11.6 Å². The minimum Gasteiger partial charge on any atom is -0.338 e. The van der Waals surface area contributed by atoms with Crippen molar-refractivity contribution in [3.05, 3.63) is 47.4 Å². The normalized spacial score (nSPS) is 21.1. The molecule has 1 aromatic carbocycles. The maximum absolute atomic E-state index is 13.5. The van der Waals surface area contributed by atoms with Crippen molar-refractivity contribution in [1.82, 2.24) is 15.0 Å². The van der Waals surface area contributed by atoms with Crippen molar-refractivity contribution >= 4 is 29.4 Å². The maximum atomic E-state index is 13.5. The topological polar surface area (TPSA) is 85.2 Å². The predicted molar refractivity (Wildman–Crippen MR) is 114 cm³/mol. The Balaban J connectivity index is 0.00000218. The maximum Gasteiger partial charge on any atom is 0.259 e. The molecule has 1 aliphatic heterocycles. The predicted octanol–water partition coefficient (Wildman–Crippen LogP) is 4.14. The zero-order valence-electron chi connectivity index (χ0n) is 16.7. The Labute approximate surface area is 180 Å². The number of hydrogen-bond acceptors (Lipinski definition) is 5. The molecule has 2 aromatic heterocycles. The molecule has 0 radical (unpaired) electrons. The number of rotatable bonds is 4. The quantitative estimate of drug-likeness (QED) is 0.672. The van der Waals surface area contributed by atoms with Crippen LogP contribution in [0, 0.1) is 11.2 Å². The fraction of sp³-hybridized carbons (Fsp3) is 0.409. The summed E-state index contributed by atoms with van der Waals surface area (Å²) in [5.74, 6) is -0.0443. The second-order valence-electron chi connectivity index (χ2n) is 8.58. The van der Waals surface area contributed by atoms with Gasteiger partial charge >= 0.3 is 0 Å². The summed E-state index contributed by atoms with van der Waals surface area (Å²) in [7, 11) is 0. The fourth-order valence-electron chi connectivity index (χ4n) is 4.08. The van der Waals surface area contributed by atoms with Crippen molar-refractivity contribution < 1.29 is 13.7 Å². The van der Waals surface area contributed by atoms with Gasteiger partial charge in [-0.25, -0.2) is 9.37 Å². The van der Waals surface area contributed by atoms with Crippen LogP contribution in [0.5, 0.6) is 0 Å². The first kappa shape index (κ1) is 20.8. The average molecular weight is 431 g/mol. The molecule has 3 heterocycles. The van der Waals surface area contributed by atoms with Gasteiger partial charge in [0.05, 0.1) is 22.3 Å². The number of fused-ring (bicyclic) bond motifs is 1. The molecule has 2 N–H and O–H groups in total. The Morgan fingerprint density at radius 2 is 2.07 bits per heavy atom. The SMILES string of the molecule is CC1(CN)CCN(C(=O)c2cc(-c3ccc(F)cc3)nc3onc(C4CC4)c23)C1.Cl. The summed E-state index contributed by atoms with van der Waals surface area (Å²) in [5, 5.41) is 4.95. The third-order valence-corrected chi connectivity index (χ3v) is 6.15. The van der Waals surface area contributed by atoms with E-state index in [0.29, 0.717) is 47.9 Å². The molecule has 2 fully saturated rings. The monoisotopic (exact) mass is 430 g/mol. The molecule has 0 spiro atoms. The summed E-state index contributed by atoms with van der Waals surface area (Å²) in [6, 6.07) is 7.85. The van der Waals surface area contributed by atoms with Crippen LogP contribution in [0.1, 0.15) is 48.2 Å². The molecule has 1 atom stereocenters. The lowest BCUT2D eigenvalue weighted by Crippen LogP contribution is -2.34. The highest BCUT2D eigenvalue weighted by atomic mass is 35.5. The first-order valence-corrected chi connectivity index (χ1v) is 10.0. The second-order valence-corrected chi connectivity index (χ2v) is 8.58. The third-order valence-electron chi connectivity index (χ3n) is 6.15. The van der Waals surface area contributed by atoms with Crippen molar-refractivity contribution in [2.24, 2.45) is 11.1 Å². The van der Waals surface area contributed by atoms with Crippen LogP contribution >= 0.6 is 12.4 Å². The van der Waals surface area contributed by atoms with Crippen molar-refractivity contribution in [3.8, 4) is 11.3 Å². The van der Waals surface area contributed by atoms with Gasteiger partial charge in [-0.1, -0.05) is 12.1 Å². The second kappa shape index (κ2) is 7.63. The van der Waals surface area contributed by atoms with Gasteiger partial charge in [0.15, 0.2) is 0 Å². The number of carbonyl (C=O) groups is 1. The van der Waals surface area contributed by atoms with E-state index in [4.69, 9.17) is 10.3 Å². The van der Waals surface area contributed by atoms with E-state index < -0.39 is 0 Å². The zero-order chi connectivity index (χ0) is 20.2. The molecule has 1 saturated heterocycles. The number of hydrogen-bond donors (Lipinski definition) is 1. The molecule has 5 rings (SSSR count). The zero-order valence-corrected chi connectivity index (χ0v) is 17.5. The van der Waals surface area contributed by atoms with E-state index in [2.05, 4.69) is 17.1 Å². The molecular weight excluding hydrogens is 407 g/mol. The summed E-state index contributed by atoms with van der Waals surface area (Å²) >= 11 is 0. The smallest absolute Gasteiger partial charge is 0.259 e. The Bertz CT molecular complexity index is 1100. The number of pyridine rings is 1. The van der Waals surface area contributed by atoms with E-state index in [1.54, 1.807) is 18.2 Å². The lowest BCUT2D eigenvalue weighted by molar-refractivity contribution is 0.0778. The molecule has 30 heavy (non-hydrogen) atoms. The summed E-state index contributed by atoms with van der Waals surface area (Å²) in [6.45, 7) is 3.96. The van der Waals surface area contributed by atoms with E-state index in [0.717, 1.165) is 30.5 Å². The van der Waals surface area contributed by atoms with E-state index in [1.807, 2.05) is 4.90 Å². The number of nitrogens with zero attached hydrogens (tertiary/aromatic N) is 3.